The SMILES string of the molecule is CCC(C)COc1ccc(C(N)=S)c(Cl)c1. The fraction of sp³-hybridized carbons (Fsp3) is 0.417. The second kappa shape index (κ2) is 6.06. The molecule has 0 bridgehead atoms. The molecule has 0 aliphatic heterocycles. The van der Waals surface area contributed by atoms with Crippen LogP contribution >= 0.6 is 23.8 Å². The zero-order valence-electron chi connectivity index (χ0n) is 9.50. The Hall–Kier alpha value is -0.800. The van der Waals surface area contributed by atoms with Crippen molar-refractivity contribution in [2.24, 2.45) is 11.7 Å². The second-order valence-corrected chi connectivity index (χ2v) is 4.68. The average Bonchev–Trinajstić information content (AvgIpc) is 2.25. The predicted octanol–water partition coefficient (Wildman–Crippen LogP) is 3.40. The van der Waals surface area contributed by atoms with Crippen LogP contribution in [0.2, 0.25) is 5.02 Å². The summed E-state index contributed by atoms with van der Waals surface area (Å²) in [6.07, 6.45) is 1.10. The normalized spacial score (nSPS) is 12.2. The highest BCUT2D eigenvalue weighted by Crippen LogP contribution is 2.23. The summed E-state index contributed by atoms with van der Waals surface area (Å²) in [7, 11) is 0. The standard InChI is InChI=1S/C12H16ClNOS/c1-3-8(2)7-15-9-4-5-10(12(14)16)11(13)6-9/h4-6,8H,3,7H2,1-2H3,(H2,14,16). The number of halogens is 1. The lowest BCUT2D eigenvalue weighted by molar-refractivity contribution is 0.256. The molecule has 0 saturated carbocycles. The fourth-order valence-corrected chi connectivity index (χ4v) is 1.65. The van der Waals surface area contributed by atoms with E-state index in [-0.39, 0.29) is 0 Å². The van der Waals surface area contributed by atoms with Crippen molar-refractivity contribution in [2.75, 3.05) is 6.61 Å². The van der Waals surface area contributed by atoms with Crippen molar-refractivity contribution in [2.45, 2.75) is 20.3 Å². The van der Waals surface area contributed by atoms with Gasteiger partial charge in [-0.15, -0.1) is 0 Å². The van der Waals surface area contributed by atoms with Gasteiger partial charge in [-0.05, 0) is 24.1 Å². The summed E-state index contributed by atoms with van der Waals surface area (Å²) in [5.41, 5.74) is 6.20. The van der Waals surface area contributed by atoms with Gasteiger partial charge in [0.2, 0.25) is 0 Å². The molecule has 0 aromatic heterocycles. The van der Waals surface area contributed by atoms with E-state index in [1.165, 1.54) is 0 Å². The summed E-state index contributed by atoms with van der Waals surface area (Å²) in [4.78, 5) is 0.304. The van der Waals surface area contributed by atoms with E-state index in [4.69, 9.17) is 34.3 Å². The van der Waals surface area contributed by atoms with Crippen LogP contribution in [0.3, 0.4) is 0 Å². The molecule has 0 heterocycles. The topological polar surface area (TPSA) is 35.2 Å². The Morgan fingerprint density at radius 1 is 1.56 bits per heavy atom. The Kier molecular flexibility index (Phi) is 5.03. The molecular weight excluding hydrogens is 242 g/mol. The Balaban J connectivity index is 2.70. The molecule has 0 fully saturated rings. The molecule has 4 heteroatoms. The quantitative estimate of drug-likeness (QED) is 0.822. The summed E-state index contributed by atoms with van der Waals surface area (Å²) in [5.74, 6) is 1.29. The van der Waals surface area contributed by atoms with E-state index in [0.29, 0.717) is 28.1 Å². The van der Waals surface area contributed by atoms with E-state index in [0.717, 1.165) is 12.2 Å². The lowest BCUT2D eigenvalue weighted by Gasteiger charge is -2.12. The highest BCUT2D eigenvalue weighted by molar-refractivity contribution is 7.80. The second-order valence-electron chi connectivity index (χ2n) is 3.83. The van der Waals surface area contributed by atoms with Gasteiger partial charge in [-0.25, -0.2) is 0 Å². The number of nitrogens with two attached hydrogens (primary N) is 1. The largest absolute Gasteiger partial charge is 0.493 e. The molecule has 0 aliphatic carbocycles. The van der Waals surface area contributed by atoms with Gasteiger partial charge in [0.05, 0.1) is 11.6 Å². The molecule has 0 spiro atoms. The first-order valence-electron chi connectivity index (χ1n) is 5.26. The van der Waals surface area contributed by atoms with Gasteiger partial charge in [-0.1, -0.05) is 44.1 Å². The highest BCUT2D eigenvalue weighted by Gasteiger charge is 2.06. The third-order valence-electron chi connectivity index (χ3n) is 2.44. The van der Waals surface area contributed by atoms with E-state index < -0.39 is 0 Å². The van der Waals surface area contributed by atoms with Crippen molar-refractivity contribution in [3.05, 3.63) is 28.8 Å². The Bertz CT molecular complexity index is 381. The fourth-order valence-electron chi connectivity index (χ4n) is 1.14. The molecule has 0 radical (unpaired) electrons. The molecule has 0 aliphatic rings. The predicted molar refractivity (Wildman–Crippen MR) is 72.3 cm³/mol. The summed E-state index contributed by atoms with van der Waals surface area (Å²) >= 11 is 10.9. The van der Waals surface area contributed by atoms with Crippen LogP contribution in [0.1, 0.15) is 25.8 Å². The van der Waals surface area contributed by atoms with Gasteiger partial charge in [0, 0.05) is 5.56 Å². The van der Waals surface area contributed by atoms with Gasteiger partial charge < -0.3 is 10.5 Å². The number of hydrogen-bond acceptors (Lipinski definition) is 2. The van der Waals surface area contributed by atoms with E-state index in [9.17, 15) is 0 Å². The minimum Gasteiger partial charge on any atom is -0.493 e. The highest BCUT2D eigenvalue weighted by atomic mass is 35.5. The van der Waals surface area contributed by atoms with Crippen LogP contribution in [0.4, 0.5) is 0 Å². The van der Waals surface area contributed by atoms with Gasteiger partial charge >= 0.3 is 0 Å². The van der Waals surface area contributed by atoms with Crippen LogP contribution in [-0.4, -0.2) is 11.6 Å². The van der Waals surface area contributed by atoms with Gasteiger partial charge in [0.1, 0.15) is 10.7 Å². The molecule has 88 valence electrons. The average molecular weight is 258 g/mol. The minimum atomic E-state index is 0.304. The Morgan fingerprint density at radius 2 is 2.25 bits per heavy atom. The smallest absolute Gasteiger partial charge is 0.120 e. The van der Waals surface area contributed by atoms with Gasteiger partial charge in [-0.3, -0.25) is 0 Å². The van der Waals surface area contributed by atoms with Crippen molar-refractivity contribution in [3.63, 3.8) is 0 Å². The molecule has 0 amide bonds. The maximum Gasteiger partial charge on any atom is 0.120 e. The molecular formula is C12H16ClNOS. The lowest BCUT2D eigenvalue weighted by atomic mass is 10.1. The van der Waals surface area contributed by atoms with Crippen molar-refractivity contribution in [1.29, 1.82) is 0 Å². The number of hydrogen-bond donors (Lipinski definition) is 1. The maximum atomic E-state index is 6.03. The Labute approximate surface area is 107 Å². The zero-order chi connectivity index (χ0) is 12.1. The molecule has 1 aromatic rings. The van der Waals surface area contributed by atoms with Crippen molar-refractivity contribution in [3.8, 4) is 5.75 Å². The molecule has 2 N–H and O–H groups in total. The van der Waals surface area contributed by atoms with Crippen LogP contribution in [0.15, 0.2) is 18.2 Å². The first kappa shape index (κ1) is 13.3. The molecule has 1 aromatic carbocycles. The molecule has 1 unspecified atom stereocenters. The molecule has 1 atom stereocenters. The molecule has 0 saturated heterocycles. The van der Waals surface area contributed by atoms with E-state index >= 15 is 0 Å². The van der Waals surface area contributed by atoms with E-state index in [1.54, 1.807) is 12.1 Å². The molecule has 16 heavy (non-hydrogen) atoms. The van der Waals surface area contributed by atoms with Crippen molar-refractivity contribution >= 4 is 28.8 Å². The van der Waals surface area contributed by atoms with Crippen LogP contribution in [0, 0.1) is 5.92 Å². The van der Waals surface area contributed by atoms with E-state index in [1.807, 2.05) is 6.07 Å². The summed E-state index contributed by atoms with van der Waals surface area (Å²) < 4.78 is 5.61. The third-order valence-corrected chi connectivity index (χ3v) is 2.97. The monoisotopic (exact) mass is 257 g/mol. The first-order chi connectivity index (χ1) is 7.54. The van der Waals surface area contributed by atoms with Crippen LogP contribution < -0.4 is 10.5 Å². The number of ether oxygens (including phenoxy) is 1. The first-order valence-corrected chi connectivity index (χ1v) is 6.05. The van der Waals surface area contributed by atoms with Crippen LogP contribution in [-0.2, 0) is 0 Å². The number of benzene rings is 1. The number of rotatable bonds is 5. The summed E-state index contributed by atoms with van der Waals surface area (Å²) in [5, 5.41) is 0.536. The Morgan fingerprint density at radius 3 is 2.75 bits per heavy atom. The summed E-state index contributed by atoms with van der Waals surface area (Å²) in [6.45, 7) is 4.97. The molecule has 2 nitrogen and oxygen atoms in total. The van der Waals surface area contributed by atoms with Crippen molar-refractivity contribution < 1.29 is 4.74 Å². The van der Waals surface area contributed by atoms with Crippen molar-refractivity contribution in [1.82, 2.24) is 0 Å². The van der Waals surface area contributed by atoms with E-state index in [2.05, 4.69) is 13.8 Å². The van der Waals surface area contributed by atoms with Crippen LogP contribution in [0.25, 0.3) is 0 Å². The van der Waals surface area contributed by atoms with Gasteiger partial charge in [0.25, 0.3) is 0 Å². The summed E-state index contributed by atoms with van der Waals surface area (Å²) in [6, 6.07) is 5.37. The lowest BCUT2D eigenvalue weighted by Crippen LogP contribution is -2.11. The zero-order valence-corrected chi connectivity index (χ0v) is 11.1. The number of thiocarbonyl (C=S) groups is 1. The third kappa shape index (κ3) is 3.65. The van der Waals surface area contributed by atoms with Gasteiger partial charge in [0.15, 0.2) is 0 Å². The molecule has 1 rings (SSSR count). The minimum absolute atomic E-state index is 0.304. The maximum absolute atomic E-state index is 6.03. The van der Waals surface area contributed by atoms with Gasteiger partial charge in [-0.2, -0.15) is 0 Å². The van der Waals surface area contributed by atoms with Crippen LogP contribution in [0.5, 0.6) is 5.75 Å².